The summed E-state index contributed by atoms with van der Waals surface area (Å²) in [5, 5.41) is 17.7. The van der Waals surface area contributed by atoms with Crippen molar-refractivity contribution in [2.24, 2.45) is 0 Å². The van der Waals surface area contributed by atoms with E-state index in [0.717, 1.165) is 62.8 Å². The minimum absolute atomic E-state index is 0.0908. The third-order valence-corrected chi connectivity index (χ3v) is 5.76. The van der Waals surface area contributed by atoms with Gasteiger partial charge in [-0.05, 0) is 25.1 Å². The number of carboxylic acid groups (broad SMARTS) is 2. The van der Waals surface area contributed by atoms with Crippen LogP contribution in [-0.2, 0) is 27.4 Å². The van der Waals surface area contributed by atoms with Crippen molar-refractivity contribution < 1.29 is 33.8 Å². The normalized spacial score (nSPS) is 14.2. The summed E-state index contributed by atoms with van der Waals surface area (Å²) in [4.78, 5) is 44.4. The van der Waals surface area contributed by atoms with Crippen molar-refractivity contribution in [2.75, 3.05) is 52.5 Å². The molecule has 0 bridgehead atoms. The Morgan fingerprint density at radius 2 is 1.81 bits per heavy atom. The van der Waals surface area contributed by atoms with Crippen molar-refractivity contribution in [1.29, 1.82) is 0 Å². The summed E-state index contributed by atoms with van der Waals surface area (Å²) in [5.41, 5.74) is 2.41. The molecule has 0 atom stereocenters. The quantitative estimate of drug-likeness (QED) is 0.257. The van der Waals surface area contributed by atoms with E-state index in [4.69, 9.17) is 33.9 Å². The van der Waals surface area contributed by atoms with Gasteiger partial charge in [0.2, 0.25) is 0 Å². The number of carboxylic acids is 2. The van der Waals surface area contributed by atoms with Gasteiger partial charge in [-0.25, -0.2) is 19.6 Å². The molecule has 0 unspecified atom stereocenters. The van der Waals surface area contributed by atoms with E-state index in [1.54, 1.807) is 6.07 Å². The third-order valence-electron chi connectivity index (χ3n) is 5.76. The van der Waals surface area contributed by atoms with Crippen LogP contribution in [-0.4, -0.2) is 105 Å². The van der Waals surface area contributed by atoms with Crippen LogP contribution in [0.2, 0.25) is 0 Å². The second kappa shape index (κ2) is 14.1. The summed E-state index contributed by atoms with van der Waals surface area (Å²) in [7, 11) is 0. The molecule has 200 valence electrons. The maximum atomic E-state index is 12.0. The molecule has 3 aromatic rings. The average molecular weight is 517 g/mol. The molecule has 1 fully saturated rings. The number of hydrogen-bond acceptors (Lipinski definition) is 9. The molecule has 1 amide bonds. The summed E-state index contributed by atoms with van der Waals surface area (Å²) >= 11 is 0. The largest absolute Gasteiger partial charge is 0.473 e. The number of aliphatic carboxylic acids is 2. The Kier molecular flexibility index (Phi) is 10.6. The summed E-state index contributed by atoms with van der Waals surface area (Å²) in [5.74, 6) is -2.70. The van der Waals surface area contributed by atoms with Gasteiger partial charge in [-0.15, -0.1) is 0 Å². The second-order valence-corrected chi connectivity index (χ2v) is 8.22. The Bertz CT molecular complexity index is 1140. The Balaban J connectivity index is 0.000000568. The van der Waals surface area contributed by atoms with E-state index < -0.39 is 11.9 Å². The number of aromatic nitrogens is 3. The van der Waals surface area contributed by atoms with E-state index in [1.165, 1.54) is 12.5 Å². The zero-order valence-electron chi connectivity index (χ0n) is 20.7. The van der Waals surface area contributed by atoms with E-state index in [0.29, 0.717) is 25.3 Å². The standard InChI is InChI=1S/C22H30N6O3.C2H2O4/c1-2-30-15-13-28-20(25-19-4-3-6-23-21(19)28)16-27-11-9-26(10-12-27)8-7-24-22(29)18-5-14-31-17-18;3-1(4)2(5)6/h3-6,14,17H,2,7-13,15-16H2,1H3,(H,24,29);(H,3,4)(H,5,6). The molecule has 0 radical (unpaired) electrons. The van der Waals surface area contributed by atoms with E-state index in [-0.39, 0.29) is 5.91 Å². The van der Waals surface area contributed by atoms with Crippen molar-refractivity contribution in [1.82, 2.24) is 29.7 Å². The second-order valence-electron chi connectivity index (χ2n) is 8.22. The van der Waals surface area contributed by atoms with Crippen LogP contribution < -0.4 is 5.32 Å². The van der Waals surface area contributed by atoms with Gasteiger partial charge in [-0.3, -0.25) is 14.6 Å². The molecule has 1 aliphatic heterocycles. The number of nitrogens with zero attached hydrogens (tertiary/aromatic N) is 5. The van der Waals surface area contributed by atoms with Crippen LogP contribution in [0.4, 0.5) is 0 Å². The highest BCUT2D eigenvalue weighted by molar-refractivity contribution is 6.27. The number of amides is 1. The molecule has 3 aromatic heterocycles. The molecule has 0 aliphatic carbocycles. The molecule has 4 rings (SSSR count). The van der Waals surface area contributed by atoms with Crippen molar-refractivity contribution in [3.8, 4) is 0 Å². The van der Waals surface area contributed by atoms with Gasteiger partial charge in [0.05, 0.1) is 25.0 Å². The van der Waals surface area contributed by atoms with Crippen LogP contribution in [0.1, 0.15) is 23.1 Å². The van der Waals surface area contributed by atoms with Crippen molar-refractivity contribution >= 4 is 29.0 Å². The van der Waals surface area contributed by atoms with Gasteiger partial charge >= 0.3 is 11.9 Å². The number of imidazole rings is 1. The molecule has 0 aromatic carbocycles. The summed E-state index contributed by atoms with van der Waals surface area (Å²) in [6.45, 7) is 10.3. The van der Waals surface area contributed by atoms with E-state index in [2.05, 4.69) is 24.7 Å². The van der Waals surface area contributed by atoms with Crippen molar-refractivity contribution in [3.05, 3.63) is 48.3 Å². The molecule has 13 heteroatoms. The lowest BCUT2D eigenvalue weighted by Crippen LogP contribution is -2.48. The van der Waals surface area contributed by atoms with Crippen molar-refractivity contribution in [3.63, 3.8) is 0 Å². The fraction of sp³-hybridized carbons (Fsp3) is 0.458. The van der Waals surface area contributed by atoms with Crippen LogP contribution in [0.15, 0.2) is 41.3 Å². The highest BCUT2D eigenvalue weighted by atomic mass is 16.5. The van der Waals surface area contributed by atoms with Gasteiger partial charge in [0.25, 0.3) is 5.91 Å². The highest BCUT2D eigenvalue weighted by Gasteiger charge is 2.20. The minimum Gasteiger partial charge on any atom is -0.473 e. The maximum absolute atomic E-state index is 12.0. The molecule has 0 spiro atoms. The first kappa shape index (κ1) is 27.8. The summed E-state index contributed by atoms with van der Waals surface area (Å²) in [6.07, 6.45) is 4.79. The van der Waals surface area contributed by atoms with Gasteiger partial charge in [0.1, 0.15) is 17.6 Å². The number of fused-ring (bicyclic) bond motifs is 1. The molecule has 3 N–H and O–H groups in total. The lowest BCUT2D eigenvalue weighted by molar-refractivity contribution is -0.159. The molecular weight excluding hydrogens is 484 g/mol. The first-order valence-corrected chi connectivity index (χ1v) is 12.0. The SMILES string of the molecule is CCOCCn1c(CN2CCN(CCNC(=O)c3ccoc3)CC2)nc2cccnc21.O=C(O)C(=O)O. The molecule has 13 nitrogen and oxygen atoms in total. The zero-order chi connectivity index (χ0) is 26.6. The first-order chi connectivity index (χ1) is 17.9. The number of furan rings is 1. The smallest absolute Gasteiger partial charge is 0.414 e. The highest BCUT2D eigenvalue weighted by Crippen LogP contribution is 2.16. The van der Waals surface area contributed by atoms with E-state index in [9.17, 15) is 4.79 Å². The third kappa shape index (κ3) is 8.37. The van der Waals surface area contributed by atoms with Gasteiger partial charge in [0.15, 0.2) is 5.65 Å². The predicted octanol–water partition coefficient (Wildman–Crippen LogP) is 0.764. The molecular formula is C24H32N6O7. The molecule has 37 heavy (non-hydrogen) atoms. The number of piperazine rings is 1. The summed E-state index contributed by atoms with van der Waals surface area (Å²) < 4.78 is 12.7. The van der Waals surface area contributed by atoms with Gasteiger partial charge in [-0.2, -0.15) is 0 Å². The predicted molar refractivity (Wildman–Crippen MR) is 132 cm³/mol. The molecule has 1 saturated heterocycles. The first-order valence-electron chi connectivity index (χ1n) is 12.0. The summed E-state index contributed by atoms with van der Waals surface area (Å²) in [6, 6.07) is 5.61. The van der Waals surface area contributed by atoms with Crippen LogP contribution in [0.5, 0.6) is 0 Å². The average Bonchev–Trinajstić information content (AvgIpc) is 3.54. The van der Waals surface area contributed by atoms with Crippen molar-refractivity contribution in [2.45, 2.75) is 20.0 Å². The molecule has 1 aliphatic rings. The maximum Gasteiger partial charge on any atom is 0.414 e. The van der Waals surface area contributed by atoms with Crippen LogP contribution in [0.3, 0.4) is 0 Å². The van der Waals surface area contributed by atoms with Crippen LogP contribution in [0, 0.1) is 0 Å². The number of rotatable bonds is 10. The van der Waals surface area contributed by atoms with Crippen LogP contribution >= 0.6 is 0 Å². The minimum atomic E-state index is -1.82. The number of carbonyl (C=O) groups excluding carboxylic acids is 1. The fourth-order valence-corrected chi connectivity index (χ4v) is 3.86. The van der Waals surface area contributed by atoms with Gasteiger partial charge in [0, 0.05) is 58.6 Å². The Morgan fingerprint density at radius 3 is 2.46 bits per heavy atom. The lowest BCUT2D eigenvalue weighted by Gasteiger charge is -2.34. The van der Waals surface area contributed by atoms with Gasteiger partial charge < -0.3 is 29.3 Å². The lowest BCUT2D eigenvalue weighted by atomic mass is 10.3. The zero-order valence-corrected chi connectivity index (χ0v) is 20.7. The van der Waals surface area contributed by atoms with E-state index in [1.807, 2.05) is 25.3 Å². The number of pyridine rings is 1. The number of hydrogen-bond donors (Lipinski definition) is 3. The van der Waals surface area contributed by atoms with E-state index >= 15 is 0 Å². The fourth-order valence-electron chi connectivity index (χ4n) is 3.86. The Hall–Kier alpha value is -3.81. The monoisotopic (exact) mass is 516 g/mol. The number of nitrogens with one attached hydrogen (secondary N) is 1. The van der Waals surface area contributed by atoms with Crippen LogP contribution in [0.25, 0.3) is 11.2 Å². The van der Waals surface area contributed by atoms with Gasteiger partial charge in [-0.1, -0.05) is 0 Å². The Labute approximate surface area is 213 Å². The Morgan fingerprint density at radius 1 is 1.08 bits per heavy atom. The number of carbonyl (C=O) groups is 3. The molecule has 0 saturated carbocycles. The molecule has 4 heterocycles. The number of ether oxygens (including phenoxy) is 1. The topological polar surface area (TPSA) is 163 Å².